The van der Waals surface area contributed by atoms with Crippen LogP contribution in [0.5, 0.6) is 0 Å². The van der Waals surface area contributed by atoms with E-state index in [0.717, 1.165) is 35.6 Å². The average molecular weight is 293 g/mol. The molecular weight excluding hydrogens is 276 g/mol. The van der Waals surface area contributed by atoms with E-state index in [-0.39, 0.29) is 0 Å². The number of hydrogen-bond acceptors (Lipinski definition) is 2. The molecule has 4 heteroatoms. The molecular formula is C16H17F2NS. The van der Waals surface area contributed by atoms with Crippen LogP contribution in [-0.2, 0) is 0 Å². The second kappa shape index (κ2) is 6.27. The maximum absolute atomic E-state index is 13.2. The number of rotatable bonds is 5. The molecule has 0 bridgehead atoms. The van der Waals surface area contributed by atoms with Crippen LogP contribution in [0.1, 0.15) is 20.3 Å². The van der Waals surface area contributed by atoms with Gasteiger partial charge in [-0.25, -0.2) is 8.78 Å². The van der Waals surface area contributed by atoms with Crippen molar-refractivity contribution in [3.05, 3.63) is 64.2 Å². The van der Waals surface area contributed by atoms with E-state index in [1.807, 2.05) is 0 Å². The summed E-state index contributed by atoms with van der Waals surface area (Å²) in [6, 6.07) is 3.75. The van der Waals surface area contributed by atoms with Crippen LogP contribution in [0, 0.1) is 11.6 Å². The van der Waals surface area contributed by atoms with Gasteiger partial charge in [0, 0.05) is 22.4 Å². The van der Waals surface area contributed by atoms with E-state index in [4.69, 9.17) is 0 Å². The van der Waals surface area contributed by atoms with E-state index < -0.39 is 11.6 Å². The molecule has 0 spiro atoms. The maximum Gasteiger partial charge on any atom is 0.160 e. The van der Waals surface area contributed by atoms with Gasteiger partial charge in [0.25, 0.3) is 0 Å². The minimum Gasteiger partial charge on any atom is -0.356 e. The highest BCUT2D eigenvalue weighted by Gasteiger charge is 2.16. The minimum atomic E-state index is -0.861. The SMILES string of the molecule is C=C(Nc1ccc(F)c(F)c1)C1=C(C)C(SCC)=CC1. The summed E-state index contributed by atoms with van der Waals surface area (Å²) in [5, 5.41) is 3.04. The van der Waals surface area contributed by atoms with E-state index in [1.54, 1.807) is 11.8 Å². The predicted octanol–water partition coefficient (Wildman–Crippen LogP) is 5.25. The van der Waals surface area contributed by atoms with E-state index in [2.05, 4.69) is 31.8 Å². The Bertz CT molecular complexity index is 602. The molecule has 0 saturated heterocycles. The highest BCUT2D eigenvalue weighted by Crippen LogP contribution is 2.36. The van der Waals surface area contributed by atoms with Gasteiger partial charge in [-0.2, -0.15) is 0 Å². The van der Waals surface area contributed by atoms with Gasteiger partial charge in [0.1, 0.15) is 0 Å². The molecule has 2 rings (SSSR count). The van der Waals surface area contributed by atoms with Gasteiger partial charge in [-0.3, -0.25) is 0 Å². The van der Waals surface area contributed by atoms with Crippen molar-refractivity contribution >= 4 is 17.4 Å². The lowest BCUT2D eigenvalue weighted by atomic mass is 10.1. The Hall–Kier alpha value is -1.55. The van der Waals surface area contributed by atoms with Crippen LogP contribution in [-0.4, -0.2) is 5.75 Å². The lowest BCUT2D eigenvalue weighted by Crippen LogP contribution is -2.02. The van der Waals surface area contributed by atoms with Crippen LogP contribution in [0.15, 0.2) is 52.6 Å². The Morgan fingerprint density at radius 2 is 2.10 bits per heavy atom. The number of benzene rings is 1. The molecule has 0 radical (unpaired) electrons. The van der Waals surface area contributed by atoms with Gasteiger partial charge >= 0.3 is 0 Å². The summed E-state index contributed by atoms with van der Waals surface area (Å²) in [5.41, 5.74) is 3.56. The van der Waals surface area contributed by atoms with Crippen molar-refractivity contribution in [1.29, 1.82) is 0 Å². The van der Waals surface area contributed by atoms with Crippen molar-refractivity contribution < 1.29 is 8.78 Å². The monoisotopic (exact) mass is 293 g/mol. The molecule has 0 saturated carbocycles. The van der Waals surface area contributed by atoms with Gasteiger partial charge in [-0.05, 0) is 42.4 Å². The van der Waals surface area contributed by atoms with Crippen molar-refractivity contribution in [2.75, 3.05) is 11.1 Å². The fraction of sp³-hybridized carbons (Fsp3) is 0.250. The molecule has 1 aliphatic rings. The van der Waals surface area contributed by atoms with Crippen molar-refractivity contribution in [2.24, 2.45) is 0 Å². The number of thioether (sulfide) groups is 1. The predicted molar refractivity (Wildman–Crippen MR) is 82.7 cm³/mol. The van der Waals surface area contributed by atoms with Crippen LogP contribution < -0.4 is 5.32 Å². The van der Waals surface area contributed by atoms with Crippen LogP contribution in [0.3, 0.4) is 0 Å². The molecule has 0 aromatic heterocycles. The van der Waals surface area contributed by atoms with Crippen molar-refractivity contribution in [3.8, 4) is 0 Å². The summed E-state index contributed by atoms with van der Waals surface area (Å²) in [6.07, 6.45) is 3.00. The molecule has 0 fully saturated rings. The van der Waals surface area contributed by atoms with E-state index >= 15 is 0 Å². The molecule has 0 amide bonds. The number of allylic oxidation sites excluding steroid dienone is 3. The molecule has 1 nitrogen and oxygen atoms in total. The summed E-state index contributed by atoms with van der Waals surface area (Å²) in [4.78, 5) is 1.27. The molecule has 1 aromatic rings. The van der Waals surface area contributed by atoms with E-state index in [0.29, 0.717) is 5.69 Å². The molecule has 0 atom stereocenters. The lowest BCUT2D eigenvalue weighted by molar-refractivity contribution is 0.509. The van der Waals surface area contributed by atoms with Gasteiger partial charge in [0.05, 0.1) is 0 Å². The zero-order chi connectivity index (χ0) is 14.7. The van der Waals surface area contributed by atoms with Gasteiger partial charge in [-0.15, -0.1) is 11.8 Å². The number of halogens is 2. The highest BCUT2D eigenvalue weighted by molar-refractivity contribution is 8.03. The van der Waals surface area contributed by atoms with Gasteiger partial charge in [-0.1, -0.05) is 19.6 Å². The van der Waals surface area contributed by atoms with Gasteiger partial charge in [0.2, 0.25) is 0 Å². The molecule has 0 aliphatic heterocycles. The highest BCUT2D eigenvalue weighted by atomic mass is 32.2. The van der Waals surface area contributed by atoms with E-state index in [9.17, 15) is 8.78 Å². The molecule has 1 aromatic carbocycles. The second-order valence-electron chi connectivity index (χ2n) is 4.54. The van der Waals surface area contributed by atoms with Crippen molar-refractivity contribution in [1.82, 2.24) is 0 Å². The second-order valence-corrected chi connectivity index (χ2v) is 5.85. The first-order valence-electron chi connectivity index (χ1n) is 6.47. The van der Waals surface area contributed by atoms with Crippen molar-refractivity contribution in [2.45, 2.75) is 20.3 Å². The Balaban J connectivity index is 2.11. The third kappa shape index (κ3) is 3.12. The van der Waals surface area contributed by atoms with Crippen molar-refractivity contribution in [3.63, 3.8) is 0 Å². The minimum absolute atomic E-state index is 0.505. The zero-order valence-electron chi connectivity index (χ0n) is 11.6. The summed E-state index contributed by atoms with van der Waals surface area (Å²) < 4.78 is 26.1. The molecule has 1 aliphatic carbocycles. The Labute approximate surface area is 122 Å². The zero-order valence-corrected chi connectivity index (χ0v) is 12.4. The average Bonchev–Trinajstić information content (AvgIpc) is 2.76. The third-order valence-corrected chi connectivity index (χ3v) is 4.27. The summed E-state index contributed by atoms with van der Waals surface area (Å²) >= 11 is 1.80. The van der Waals surface area contributed by atoms with Gasteiger partial charge < -0.3 is 5.32 Å². The summed E-state index contributed by atoms with van der Waals surface area (Å²) in [7, 11) is 0. The van der Waals surface area contributed by atoms with Crippen LogP contribution in [0.4, 0.5) is 14.5 Å². The quantitative estimate of drug-likeness (QED) is 0.796. The normalized spacial score (nSPS) is 14.5. The maximum atomic E-state index is 13.2. The molecule has 106 valence electrons. The standard InChI is InChI=1S/C16H17F2NS/c1-4-20-16-8-6-13(10(16)2)11(3)19-12-5-7-14(17)15(18)9-12/h5,7-9,19H,3-4,6H2,1-2H3. The number of anilines is 1. The lowest BCUT2D eigenvalue weighted by Gasteiger charge is -2.13. The third-order valence-electron chi connectivity index (χ3n) is 3.19. The Morgan fingerprint density at radius 1 is 1.35 bits per heavy atom. The first-order valence-corrected chi connectivity index (χ1v) is 7.46. The molecule has 0 heterocycles. The first-order chi connectivity index (χ1) is 9.52. The van der Waals surface area contributed by atoms with Crippen LogP contribution in [0.25, 0.3) is 0 Å². The molecule has 20 heavy (non-hydrogen) atoms. The van der Waals surface area contributed by atoms with Crippen LogP contribution in [0.2, 0.25) is 0 Å². The number of hydrogen-bond donors (Lipinski definition) is 1. The summed E-state index contributed by atoms with van der Waals surface area (Å²) in [6.45, 7) is 8.18. The van der Waals surface area contributed by atoms with E-state index in [1.165, 1.54) is 16.5 Å². The van der Waals surface area contributed by atoms with Crippen LogP contribution >= 0.6 is 11.8 Å². The summed E-state index contributed by atoms with van der Waals surface area (Å²) in [5.74, 6) is -0.680. The topological polar surface area (TPSA) is 12.0 Å². The largest absolute Gasteiger partial charge is 0.356 e. The molecule has 0 unspecified atom stereocenters. The Morgan fingerprint density at radius 3 is 2.75 bits per heavy atom. The first kappa shape index (κ1) is 14.9. The number of nitrogens with one attached hydrogen (secondary N) is 1. The molecule has 1 N–H and O–H groups in total. The smallest absolute Gasteiger partial charge is 0.160 e. The van der Waals surface area contributed by atoms with Gasteiger partial charge in [0.15, 0.2) is 11.6 Å². The fourth-order valence-electron chi connectivity index (χ4n) is 2.15. The fourth-order valence-corrected chi connectivity index (χ4v) is 3.00. The Kier molecular flexibility index (Phi) is 4.65.